The number of rotatable bonds is 10. The average molecular weight is 614 g/mol. The second kappa shape index (κ2) is 13.2. The van der Waals surface area contributed by atoms with E-state index in [1.54, 1.807) is 31.3 Å². The summed E-state index contributed by atoms with van der Waals surface area (Å²) in [4.78, 5) is 29.7. The number of benzene rings is 2. The lowest BCUT2D eigenvalue weighted by Gasteiger charge is -2.35. The van der Waals surface area contributed by atoms with Crippen LogP contribution in [0.25, 0.3) is 11.3 Å². The molecule has 45 heavy (non-hydrogen) atoms. The number of halogens is 2. The van der Waals surface area contributed by atoms with E-state index < -0.39 is 11.6 Å². The number of amides is 1. The predicted molar refractivity (Wildman–Crippen MR) is 169 cm³/mol. The third kappa shape index (κ3) is 6.33. The van der Waals surface area contributed by atoms with Gasteiger partial charge in [-0.1, -0.05) is 13.0 Å². The third-order valence-corrected chi connectivity index (χ3v) is 8.55. The topological polar surface area (TPSA) is 71.0 Å². The maximum atomic E-state index is 14.9. The summed E-state index contributed by atoms with van der Waals surface area (Å²) in [5.41, 5.74) is 4.09. The van der Waals surface area contributed by atoms with Crippen molar-refractivity contribution in [2.45, 2.75) is 32.9 Å². The molecule has 10 heteroatoms. The minimum absolute atomic E-state index is 0.151. The van der Waals surface area contributed by atoms with Crippen LogP contribution in [0.3, 0.4) is 0 Å². The Bertz CT molecular complexity index is 1670. The summed E-state index contributed by atoms with van der Waals surface area (Å²) < 4.78 is 40.7. The fourth-order valence-corrected chi connectivity index (χ4v) is 6.22. The number of carbonyl (C=O) groups excluding carboxylic acids is 1. The Kier molecular flexibility index (Phi) is 8.93. The van der Waals surface area contributed by atoms with Crippen molar-refractivity contribution >= 4 is 11.6 Å². The first-order valence-electron chi connectivity index (χ1n) is 15.3. The Morgan fingerprint density at radius 2 is 1.67 bits per heavy atom. The Morgan fingerprint density at radius 3 is 2.33 bits per heavy atom. The zero-order chi connectivity index (χ0) is 31.5. The summed E-state index contributed by atoms with van der Waals surface area (Å²) in [6.07, 6.45) is 3.33. The van der Waals surface area contributed by atoms with E-state index in [9.17, 15) is 13.6 Å². The third-order valence-electron chi connectivity index (χ3n) is 8.55. The van der Waals surface area contributed by atoms with Gasteiger partial charge in [-0.3, -0.25) is 14.7 Å². The lowest BCUT2D eigenvalue weighted by Crippen LogP contribution is -2.46. The van der Waals surface area contributed by atoms with Crippen molar-refractivity contribution in [3.63, 3.8) is 0 Å². The molecule has 1 amide bonds. The van der Waals surface area contributed by atoms with Gasteiger partial charge < -0.3 is 19.3 Å². The van der Waals surface area contributed by atoms with Crippen molar-refractivity contribution in [1.82, 2.24) is 19.8 Å². The van der Waals surface area contributed by atoms with E-state index >= 15 is 0 Å². The number of carbonyl (C=O) groups is 1. The first-order chi connectivity index (χ1) is 21.9. The average Bonchev–Trinajstić information content (AvgIpc) is 3.36. The van der Waals surface area contributed by atoms with Gasteiger partial charge in [-0.2, -0.15) is 0 Å². The van der Waals surface area contributed by atoms with Crippen LogP contribution in [0.5, 0.6) is 11.5 Å². The van der Waals surface area contributed by atoms with Gasteiger partial charge >= 0.3 is 0 Å². The molecule has 4 aromatic rings. The van der Waals surface area contributed by atoms with Crippen molar-refractivity contribution in [1.29, 1.82) is 0 Å². The van der Waals surface area contributed by atoms with Gasteiger partial charge in [0.25, 0.3) is 5.91 Å². The summed E-state index contributed by atoms with van der Waals surface area (Å²) in [7, 11) is 3.15. The molecule has 0 aliphatic carbocycles. The summed E-state index contributed by atoms with van der Waals surface area (Å²) in [5.74, 6) is -0.383. The van der Waals surface area contributed by atoms with Crippen LogP contribution >= 0.6 is 0 Å². The molecule has 0 bridgehead atoms. The molecule has 6 rings (SSSR count). The highest BCUT2D eigenvalue weighted by Crippen LogP contribution is 2.35. The summed E-state index contributed by atoms with van der Waals surface area (Å²) in [6, 6.07) is 14.8. The summed E-state index contributed by atoms with van der Waals surface area (Å²) in [6.45, 7) is 7.71. The normalized spacial score (nSPS) is 15.0. The standard InChI is InChI=1S/C35H37F2N5O3/c1-4-12-40-13-15-41(16-14-40)26-10-9-25(38-20-26)17-24-18-30(34-28(36)6-5-7-29(34)37)39-31-22-42(35(43)33(24)31)21-23-8-11-27(44-2)19-32(23)45-3/h5-11,18-20H,4,12-17,21-22H2,1-3H3. The van der Waals surface area contributed by atoms with E-state index in [1.165, 1.54) is 18.2 Å². The molecule has 4 heterocycles. The van der Waals surface area contributed by atoms with Gasteiger partial charge in [0, 0.05) is 49.9 Å². The number of pyridine rings is 2. The first-order valence-corrected chi connectivity index (χ1v) is 15.3. The number of hydrogen-bond acceptors (Lipinski definition) is 7. The van der Waals surface area contributed by atoms with Crippen LogP contribution in [0.15, 0.2) is 60.8 Å². The van der Waals surface area contributed by atoms with Crippen LogP contribution in [0.2, 0.25) is 0 Å². The molecule has 0 N–H and O–H groups in total. The molecule has 234 valence electrons. The van der Waals surface area contributed by atoms with E-state index in [1.807, 2.05) is 24.4 Å². The van der Waals surface area contributed by atoms with E-state index in [2.05, 4.69) is 27.8 Å². The molecular formula is C35H37F2N5O3. The molecule has 0 atom stereocenters. The van der Waals surface area contributed by atoms with Gasteiger partial charge in [-0.05, 0) is 61.0 Å². The first kappa shape index (κ1) is 30.5. The van der Waals surface area contributed by atoms with Gasteiger partial charge in [-0.15, -0.1) is 0 Å². The predicted octanol–water partition coefficient (Wildman–Crippen LogP) is 5.72. The van der Waals surface area contributed by atoms with E-state index in [0.29, 0.717) is 34.7 Å². The minimum atomic E-state index is -0.709. The molecule has 0 radical (unpaired) electrons. The molecule has 8 nitrogen and oxygen atoms in total. The number of ether oxygens (including phenoxy) is 2. The number of methoxy groups -OCH3 is 2. The second-order valence-electron chi connectivity index (χ2n) is 11.4. The van der Waals surface area contributed by atoms with Crippen LogP contribution in [-0.2, 0) is 19.5 Å². The van der Waals surface area contributed by atoms with Crippen molar-refractivity contribution in [3.8, 4) is 22.8 Å². The molecule has 2 aliphatic heterocycles. The SMILES string of the molecule is CCCN1CCN(c2ccc(Cc3cc(-c4c(F)cccc4F)nc4c3C(=O)N(Cc3ccc(OC)cc3OC)C4)nc2)CC1. The molecule has 1 fully saturated rings. The summed E-state index contributed by atoms with van der Waals surface area (Å²) >= 11 is 0. The van der Waals surface area contributed by atoms with E-state index in [0.717, 1.165) is 56.1 Å². The molecule has 0 unspecified atom stereocenters. The number of aromatic nitrogens is 2. The number of piperazine rings is 1. The number of fused-ring (bicyclic) bond motifs is 1. The van der Waals surface area contributed by atoms with Crippen LogP contribution in [0.1, 0.15) is 46.2 Å². The lowest BCUT2D eigenvalue weighted by molar-refractivity contribution is 0.0764. The Morgan fingerprint density at radius 1 is 0.889 bits per heavy atom. The molecule has 0 saturated carbocycles. The van der Waals surface area contributed by atoms with E-state index in [-0.39, 0.29) is 30.3 Å². The maximum absolute atomic E-state index is 14.9. The fourth-order valence-electron chi connectivity index (χ4n) is 6.22. The monoisotopic (exact) mass is 613 g/mol. The lowest BCUT2D eigenvalue weighted by atomic mass is 9.98. The zero-order valence-electron chi connectivity index (χ0n) is 25.9. The van der Waals surface area contributed by atoms with E-state index in [4.69, 9.17) is 14.5 Å². The minimum Gasteiger partial charge on any atom is -0.497 e. The molecule has 1 saturated heterocycles. The number of nitrogens with zero attached hydrogens (tertiary/aromatic N) is 5. The number of anilines is 1. The van der Waals surface area contributed by atoms with Gasteiger partial charge in [0.2, 0.25) is 0 Å². The van der Waals surface area contributed by atoms with Gasteiger partial charge in [0.1, 0.15) is 23.1 Å². The van der Waals surface area contributed by atoms with Crippen molar-refractivity contribution < 1.29 is 23.0 Å². The Labute approximate surface area is 262 Å². The van der Waals surface area contributed by atoms with Crippen LogP contribution in [-0.4, -0.2) is 72.6 Å². The fraction of sp³-hybridized carbons (Fsp3) is 0.343. The summed E-state index contributed by atoms with van der Waals surface area (Å²) in [5, 5.41) is 0. The van der Waals surface area contributed by atoms with Gasteiger partial charge in [0.05, 0.1) is 61.7 Å². The van der Waals surface area contributed by atoms with Crippen LogP contribution in [0.4, 0.5) is 14.5 Å². The Balaban J connectivity index is 1.30. The largest absolute Gasteiger partial charge is 0.497 e. The van der Waals surface area contributed by atoms with Crippen molar-refractivity contribution in [3.05, 3.63) is 101 Å². The van der Waals surface area contributed by atoms with Gasteiger partial charge in [0.15, 0.2) is 0 Å². The van der Waals surface area contributed by atoms with Gasteiger partial charge in [-0.25, -0.2) is 13.8 Å². The molecule has 2 aliphatic rings. The smallest absolute Gasteiger partial charge is 0.256 e. The highest BCUT2D eigenvalue weighted by atomic mass is 19.1. The van der Waals surface area contributed by atoms with Crippen molar-refractivity contribution in [2.24, 2.45) is 0 Å². The van der Waals surface area contributed by atoms with Crippen LogP contribution < -0.4 is 14.4 Å². The maximum Gasteiger partial charge on any atom is 0.256 e. The second-order valence-corrected chi connectivity index (χ2v) is 11.4. The zero-order valence-corrected chi connectivity index (χ0v) is 25.9. The highest BCUT2D eigenvalue weighted by Gasteiger charge is 2.33. The van der Waals surface area contributed by atoms with Crippen LogP contribution in [0, 0.1) is 11.6 Å². The molecule has 2 aromatic heterocycles. The molecule has 0 spiro atoms. The quantitative estimate of drug-likeness (QED) is 0.227. The van der Waals surface area contributed by atoms with Crippen molar-refractivity contribution in [2.75, 3.05) is 51.8 Å². The Hall–Kier alpha value is -4.57. The molecular weight excluding hydrogens is 576 g/mol. The number of hydrogen-bond donors (Lipinski definition) is 0. The highest BCUT2D eigenvalue weighted by molar-refractivity contribution is 5.99. The molecule has 2 aromatic carbocycles.